The quantitative estimate of drug-likeness (QED) is 0.488. The highest BCUT2D eigenvalue weighted by Gasteiger charge is 2.08. The highest BCUT2D eigenvalue weighted by atomic mass is 35.5. The predicted molar refractivity (Wildman–Crippen MR) is 105 cm³/mol. The third-order valence-corrected chi connectivity index (χ3v) is 4.67. The Hall–Kier alpha value is -1.98. The lowest BCUT2D eigenvalue weighted by atomic mass is 10.1. The molecule has 1 aliphatic rings. The number of likely N-dealkylation sites (tertiary alicyclic amines) is 1. The molecule has 2 N–H and O–H groups in total. The van der Waals surface area contributed by atoms with E-state index >= 15 is 0 Å². The molecule has 132 valence electrons. The first kappa shape index (κ1) is 17.8. The normalized spacial score (nSPS) is 16.8. The van der Waals surface area contributed by atoms with E-state index in [4.69, 9.17) is 17.3 Å². The average Bonchev–Trinajstić information content (AvgIpc) is 2.65. The number of nitrogens with two attached hydrogens (primary N) is 1. The summed E-state index contributed by atoms with van der Waals surface area (Å²) in [5.74, 6) is 0. The molecule has 0 amide bonds. The van der Waals surface area contributed by atoms with Gasteiger partial charge in [0.25, 0.3) is 0 Å². The topological polar surface area (TPSA) is 67.4 Å². The number of aliphatic imine (C=N–C) groups is 1. The molecule has 1 fully saturated rings. The fraction of sp³-hybridized carbons (Fsp3) is 0.421. The summed E-state index contributed by atoms with van der Waals surface area (Å²) in [5.41, 5.74) is 9.07. The summed E-state index contributed by atoms with van der Waals surface area (Å²) in [6.45, 7) is 4.39. The summed E-state index contributed by atoms with van der Waals surface area (Å²) in [5, 5.41) is 0.455. The summed E-state index contributed by atoms with van der Waals surface area (Å²) in [6.07, 6.45) is 10.3. The van der Waals surface area contributed by atoms with E-state index in [1.165, 1.54) is 32.4 Å². The molecular weight excluding hydrogens is 334 g/mol. The van der Waals surface area contributed by atoms with Crippen LogP contribution in [0.25, 0.3) is 16.6 Å². The SMILES string of the molecule is NC=C(C=NCCCN1CCCCC1)c1cnc2ccc(Cl)nc2c1. The van der Waals surface area contributed by atoms with Crippen LogP contribution in [-0.4, -0.2) is 47.3 Å². The van der Waals surface area contributed by atoms with E-state index in [0.29, 0.717) is 5.15 Å². The van der Waals surface area contributed by atoms with E-state index in [0.717, 1.165) is 41.7 Å². The first-order valence-corrected chi connectivity index (χ1v) is 9.21. The first-order valence-electron chi connectivity index (χ1n) is 8.83. The van der Waals surface area contributed by atoms with Crippen LogP contribution in [0.2, 0.25) is 5.15 Å². The lowest BCUT2D eigenvalue weighted by Crippen LogP contribution is -2.30. The van der Waals surface area contributed by atoms with Gasteiger partial charge < -0.3 is 10.6 Å². The molecule has 0 unspecified atom stereocenters. The number of hydrogen-bond acceptors (Lipinski definition) is 5. The number of halogens is 1. The molecule has 25 heavy (non-hydrogen) atoms. The Morgan fingerprint density at radius 1 is 1.24 bits per heavy atom. The molecule has 0 spiro atoms. The van der Waals surface area contributed by atoms with Gasteiger partial charge >= 0.3 is 0 Å². The molecule has 3 heterocycles. The second-order valence-electron chi connectivity index (χ2n) is 6.31. The van der Waals surface area contributed by atoms with Crippen LogP contribution in [0.4, 0.5) is 0 Å². The number of rotatable bonds is 6. The van der Waals surface area contributed by atoms with Gasteiger partial charge in [-0.3, -0.25) is 9.98 Å². The number of fused-ring (bicyclic) bond motifs is 1. The number of hydrogen-bond donors (Lipinski definition) is 1. The van der Waals surface area contributed by atoms with Crippen molar-refractivity contribution in [3.05, 3.63) is 41.3 Å². The largest absolute Gasteiger partial charge is 0.404 e. The lowest BCUT2D eigenvalue weighted by Gasteiger charge is -2.25. The summed E-state index contributed by atoms with van der Waals surface area (Å²) in [6, 6.07) is 5.53. The number of aromatic nitrogens is 2. The Labute approximate surface area is 153 Å². The Morgan fingerprint density at radius 3 is 2.88 bits per heavy atom. The van der Waals surface area contributed by atoms with Crippen LogP contribution in [0.5, 0.6) is 0 Å². The maximum Gasteiger partial charge on any atom is 0.129 e. The van der Waals surface area contributed by atoms with E-state index < -0.39 is 0 Å². The van der Waals surface area contributed by atoms with E-state index in [2.05, 4.69) is 19.9 Å². The number of pyridine rings is 2. The highest BCUT2D eigenvalue weighted by Crippen LogP contribution is 2.18. The molecular formula is C19H24ClN5. The van der Waals surface area contributed by atoms with Crippen molar-refractivity contribution in [2.75, 3.05) is 26.2 Å². The molecule has 1 aliphatic heterocycles. The summed E-state index contributed by atoms with van der Waals surface area (Å²) in [7, 11) is 0. The minimum absolute atomic E-state index is 0.455. The minimum atomic E-state index is 0.455. The smallest absolute Gasteiger partial charge is 0.129 e. The maximum absolute atomic E-state index is 5.96. The molecule has 0 radical (unpaired) electrons. The zero-order chi connectivity index (χ0) is 17.5. The third-order valence-electron chi connectivity index (χ3n) is 4.46. The van der Waals surface area contributed by atoms with Crippen LogP contribution in [0.3, 0.4) is 0 Å². The van der Waals surface area contributed by atoms with Crippen molar-refractivity contribution in [2.24, 2.45) is 10.7 Å². The van der Waals surface area contributed by atoms with Gasteiger partial charge in [-0.15, -0.1) is 0 Å². The van der Waals surface area contributed by atoms with Crippen molar-refractivity contribution in [1.29, 1.82) is 0 Å². The van der Waals surface area contributed by atoms with Crippen LogP contribution < -0.4 is 5.73 Å². The second kappa shape index (κ2) is 8.92. The van der Waals surface area contributed by atoms with Crippen molar-refractivity contribution >= 4 is 34.4 Å². The molecule has 0 atom stereocenters. The minimum Gasteiger partial charge on any atom is -0.404 e. The van der Waals surface area contributed by atoms with Crippen LogP contribution in [0.15, 0.2) is 35.6 Å². The van der Waals surface area contributed by atoms with Gasteiger partial charge in [0.15, 0.2) is 0 Å². The Morgan fingerprint density at radius 2 is 2.08 bits per heavy atom. The summed E-state index contributed by atoms with van der Waals surface area (Å²) < 4.78 is 0. The number of allylic oxidation sites excluding steroid dienone is 1. The molecule has 1 saturated heterocycles. The maximum atomic E-state index is 5.96. The molecule has 5 nitrogen and oxygen atoms in total. The van der Waals surface area contributed by atoms with Gasteiger partial charge in [0.2, 0.25) is 0 Å². The van der Waals surface area contributed by atoms with Gasteiger partial charge in [-0.25, -0.2) is 4.98 Å². The van der Waals surface area contributed by atoms with Crippen molar-refractivity contribution in [1.82, 2.24) is 14.9 Å². The molecule has 0 aliphatic carbocycles. The van der Waals surface area contributed by atoms with Crippen LogP contribution in [-0.2, 0) is 0 Å². The molecule has 0 saturated carbocycles. The van der Waals surface area contributed by atoms with Crippen molar-refractivity contribution in [3.8, 4) is 0 Å². The Kier molecular flexibility index (Phi) is 6.36. The standard InChI is InChI=1S/C19H24ClN5/c20-19-6-5-17-18(24-19)11-15(14-23-17)16(12-21)13-22-7-4-10-25-8-2-1-3-9-25/h5-6,11-14H,1-4,7-10,21H2. The molecule has 6 heteroatoms. The molecule has 3 rings (SSSR count). The summed E-state index contributed by atoms with van der Waals surface area (Å²) in [4.78, 5) is 15.8. The molecule has 0 aromatic carbocycles. The van der Waals surface area contributed by atoms with E-state index in [-0.39, 0.29) is 0 Å². The molecule has 0 bridgehead atoms. The average molecular weight is 358 g/mol. The molecule has 2 aromatic heterocycles. The van der Waals surface area contributed by atoms with E-state index in [1.54, 1.807) is 18.5 Å². The Bertz CT molecular complexity index is 765. The van der Waals surface area contributed by atoms with Gasteiger partial charge in [0, 0.05) is 36.3 Å². The lowest BCUT2D eigenvalue weighted by molar-refractivity contribution is 0.228. The van der Waals surface area contributed by atoms with Crippen molar-refractivity contribution < 1.29 is 0 Å². The van der Waals surface area contributed by atoms with Gasteiger partial charge in [0.1, 0.15) is 5.15 Å². The predicted octanol–water partition coefficient (Wildman–Crippen LogP) is 3.53. The van der Waals surface area contributed by atoms with E-state index in [9.17, 15) is 0 Å². The van der Waals surface area contributed by atoms with Gasteiger partial charge in [-0.2, -0.15) is 0 Å². The molecule has 2 aromatic rings. The van der Waals surface area contributed by atoms with Crippen molar-refractivity contribution in [3.63, 3.8) is 0 Å². The number of nitrogens with zero attached hydrogens (tertiary/aromatic N) is 4. The second-order valence-corrected chi connectivity index (χ2v) is 6.70. The van der Waals surface area contributed by atoms with Gasteiger partial charge in [-0.05, 0) is 57.1 Å². The van der Waals surface area contributed by atoms with Gasteiger partial charge in [0.05, 0.1) is 11.0 Å². The highest BCUT2D eigenvalue weighted by molar-refractivity contribution is 6.29. The van der Waals surface area contributed by atoms with Crippen LogP contribution >= 0.6 is 11.6 Å². The fourth-order valence-electron chi connectivity index (χ4n) is 3.08. The van der Waals surface area contributed by atoms with E-state index in [1.807, 2.05) is 18.3 Å². The zero-order valence-corrected chi connectivity index (χ0v) is 15.1. The number of piperidine rings is 1. The first-order chi connectivity index (χ1) is 12.3. The van der Waals surface area contributed by atoms with Crippen molar-refractivity contribution in [2.45, 2.75) is 25.7 Å². The van der Waals surface area contributed by atoms with Crippen LogP contribution in [0.1, 0.15) is 31.2 Å². The monoisotopic (exact) mass is 357 g/mol. The zero-order valence-electron chi connectivity index (χ0n) is 14.4. The third kappa shape index (κ3) is 5.00. The van der Waals surface area contributed by atoms with Gasteiger partial charge in [-0.1, -0.05) is 18.0 Å². The fourth-order valence-corrected chi connectivity index (χ4v) is 3.24. The Balaban J connectivity index is 1.58. The summed E-state index contributed by atoms with van der Waals surface area (Å²) >= 11 is 5.96. The van der Waals surface area contributed by atoms with Crippen LogP contribution in [0, 0.1) is 0 Å².